The van der Waals surface area contributed by atoms with Crippen molar-refractivity contribution < 1.29 is 9.18 Å². The molecule has 0 atom stereocenters. The number of anilines is 1. The number of rotatable bonds is 4. The molecule has 0 radical (unpaired) electrons. The van der Waals surface area contributed by atoms with Gasteiger partial charge in [0.15, 0.2) is 0 Å². The number of thioether (sulfide) groups is 1. The van der Waals surface area contributed by atoms with Gasteiger partial charge in [-0.1, -0.05) is 23.9 Å². The molecule has 98 valence electrons. The zero-order chi connectivity index (χ0) is 13.7. The van der Waals surface area contributed by atoms with Gasteiger partial charge in [-0.2, -0.15) is 0 Å². The van der Waals surface area contributed by atoms with Gasteiger partial charge in [0.05, 0.1) is 16.5 Å². The average Bonchev–Trinajstić information content (AvgIpc) is 2.41. The molecule has 2 aromatic rings. The second-order valence-corrected chi connectivity index (χ2v) is 4.98. The number of carbonyl (C=O) groups excluding carboxylic acids is 1. The fourth-order valence-corrected chi connectivity index (χ4v) is 2.14. The van der Waals surface area contributed by atoms with E-state index in [0.717, 1.165) is 10.6 Å². The Bertz CT molecular complexity index is 575. The maximum Gasteiger partial charge on any atom is 0.234 e. The van der Waals surface area contributed by atoms with Crippen LogP contribution in [-0.2, 0) is 4.79 Å². The number of benzene rings is 1. The highest BCUT2D eigenvalue weighted by atomic mass is 32.2. The van der Waals surface area contributed by atoms with Crippen LogP contribution in [0.15, 0.2) is 47.6 Å². The van der Waals surface area contributed by atoms with Crippen molar-refractivity contribution in [1.29, 1.82) is 0 Å². The summed E-state index contributed by atoms with van der Waals surface area (Å²) in [5.41, 5.74) is 1.02. The highest BCUT2D eigenvalue weighted by Crippen LogP contribution is 2.17. The van der Waals surface area contributed by atoms with E-state index < -0.39 is 5.82 Å². The quantitative estimate of drug-likeness (QED) is 0.872. The molecule has 0 saturated heterocycles. The van der Waals surface area contributed by atoms with Crippen LogP contribution in [0.25, 0.3) is 0 Å². The van der Waals surface area contributed by atoms with Crippen LogP contribution in [0.4, 0.5) is 10.1 Å². The van der Waals surface area contributed by atoms with Crippen molar-refractivity contribution in [2.45, 2.75) is 11.9 Å². The topological polar surface area (TPSA) is 42.0 Å². The highest BCUT2D eigenvalue weighted by Gasteiger charge is 2.07. The van der Waals surface area contributed by atoms with E-state index in [4.69, 9.17) is 0 Å². The van der Waals surface area contributed by atoms with Crippen molar-refractivity contribution in [3.63, 3.8) is 0 Å². The van der Waals surface area contributed by atoms with Crippen LogP contribution in [0.5, 0.6) is 0 Å². The monoisotopic (exact) mass is 276 g/mol. The first-order valence-corrected chi connectivity index (χ1v) is 6.73. The molecule has 19 heavy (non-hydrogen) atoms. The maximum atomic E-state index is 13.5. The number of nitrogens with one attached hydrogen (secondary N) is 1. The summed E-state index contributed by atoms with van der Waals surface area (Å²) in [6.07, 6.45) is 1.67. The zero-order valence-electron chi connectivity index (χ0n) is 10.4. The minimum atomic E-state index is -0.420. The molecule has 0 bridgehead atoms. The summed E-state index contributed by atoms with van der Waals surface area (Å²) in [7, 11) is 0. The third-order valence-corrected chi connectivity index (χ3v) is 3.33. The van der Waals surface area contributed by atoms with Crippen LogP contribution in [0.2, 0.25) is 0 Å². The predicted molar refractivity (Wildman–Crippen MR) is 74.7 cm³/mol. The fraction of sp³-hybridized carbons (Fsp3) is 0.143. The van der Waals surface area contributed by atoms with Crippen LogP contribution in [0, 0.1) is 12.7 Å². The van der Waals surface area contributed by atoms with Crippen molar-refractivity contribution in [2.24, 2.45) is 0 Å². The van der Waals surface area contributed by atoms with Gasteiger partial charge in [0, 0.05) is 6.20 Å². The zero-order valence-corrected chi connectivity index (χ0v) is 11.2. The van der Waals surface area contributed by atoms with Gasteiger partial charge in [0.1, 0.15) is 5.82 Å². The molecule has 0 aliphatic carbocycles. The molecule has 1 N–H and O–H groups in total. The molecule has 1 amide bonds. The Labute approximate surface area is 115 Å². The Hall–Kier alpha value is -1.88. The van der Waals surface area contributed by atoms with Crippen LogP contribution in [-0.4, -0.2) is 16.6 Å². The van der Waals surface area contributed by atoms with Gasteiger partial charge in [0.2, 0.25) is 5.91 Å². The minimum Gasteiger partial charge on any atom is -0.323 e. The lowest BCUT2D eigenvalue weighted by Gasteiger charge is -2.06. The minimum absolute atomic E-state index is 0.199. The van der Waals surface area contributed by atoms with Gasteiger partial charge in [-0.3, -0.25) is 4.79 Å². The average molecular weight is 276 g/mol. The third-order valence-electron chi connectivity index (χ3n) is 2.39. The van der Waals surface area contributed by atoms with Crippen molar-refractivity contribution in [2.75, 3.05) is 11.1 Å². The Morgan fingerprint density at radius 2 is 2.21 bits per heavy atom. The molecule has 1 heterocycles. The van der Waals surface area contributed by atoms with E-state index >= 15 is 0 Å². The Balaban J connectivity index is 1.91. The molecule has 0 fully saturated rings. The third kappa shape index (κ3) is 4.06. The molecule has 3 nitrogen and oxygen atoms in total. The van der Waals surface area contributed by atoms with Gasteiger partial charge in [-0.15, -0.1) is 0 Å². The predicted octanol–water partition coefficient (Wildman–Crippen LogP) is 3.26. The summed E-state index contributed by atoms with van der Waals surface area (Å²) < 4.78 is 13.5. The van der Waals surface area contributed by atoms with Crippen molar-refractivity contribution in [1.82, 2.24) is 4.98 Å². The van der Waals surface area contributed by atoms with Crippen LogP contribution in [0.1, 0.15) is 5.56 Å². The highest BCUT2D eigenvalue weighted by molar-refractivity contribution is 7.99. The number of aryl methyl sites for hydroxylation is 1. The van der Waals surface area contributed by atoms with E-state index in [0.29, 0.717) is 0 Å². The normalized spacial score (nSPS) is 10.2. The molecule has 0 saturated carbocycles. The standard InChI is InChI=1S/C14H13FN2OS/c1-10-5-6-12(11(15)8-10)17-13(18)9-19-14-4-2-3-7-16-14/h2-8H,9H2,1H3,(H,17,18). The summed E-state index contributed by atoms with van der Waals surface area (Å²) in [6, 6.07) is 10.2. The van der Waals surface area contributed by atoms with Gasteiger partial charge in [0.25, 0.3) is 0 Å². The van der Waals surface area contributed by atoms with Crippen molar-refractivity contribution >= 4 is 23.4 Å². The van der Waals surface area contributed by atoms with E-state index in [1.54, 1.807) is 25.3 Å². The number of aromatic nitrogens is 1. The molecule has 0 aliphatic rings. The van der Waals surface area contributed by atoms with Gasteiger partial charge in [-0.25, -0.2) is 9.37 Å². The molecule has 2 rings (SSSR count). The molecule has 0 spiro atoms. The molecule has 1 aromatic carbocycles. The lowest BCUT2D eigenvalue weighted by Crippen LogP contribution is -2.15. The van der Waals surface area contributed by atoms with E-state index in [9.17, 15) is 9.18 Å². The lowest BCUT2D eigenvalue weighted by molar-refractivity contribution is -0.113. The Kier molecular flexibility index (Phi) is 4.52. The number of pyridine rings is 1. The first-order chi connectivity index (χ1) is 9.15. The molecule has 5 heteroatoms. The summed E-state index contributed by atoms with van der Waals surface area (Å²) in [4.78, 5) is 15.8. The van der Waals surface area contributed by atoms with Crippen molar-refractivity contribution in [3.8, 4) is 0 Å². The number of amides is 1. The summed E-state index contributed by atoms with van der Waals surface area (Å²) in [5.74, 6) is -0.473. The molecular formula is C14H13FN2OS. The molecule has 0 unspecified atom stereocenters. The van der Waals surface area contributed by atoms with Crippen LogP contribution in [0.3, 0.4) is 0 Å². The van der Waals surface area contributed by atoms with Gasteiger partial charge < -0.3 is 5.32 Å². The Morgan fingerprint density at radius 1 is 1.37 bits per heavy atom. The summed E-state index contributed by atoms with van der Waals surface area (Å²) >= 11 is 1.31. The lowest BCUT2D eigenvalue weighted by atomic mass is 10.2. The molecule has 1 aromatic heterocycles. The van der Waals surface area contributed by atoms with Gasteiger partial charge >= 0.3 is 0 Å². The smallest absolute Gasteiger partial charge is 0.234 e. The second kappa shape index (κ2) is 6.33. The number of halogens is 1. The van der Waals surface area contributed by atoms with E-state index in [2.05, 4.69) is 10.3 Å². The number of hydrogen-bond donors (Lipinski definition) is 1. The SMILES string of the molecule is Cc1ccc(NC(=O)CSc2ccccn2)c(F)c1. The van der Waals surface area contributed by atoms with Crippen molar-refractivity contribution in [3.05, 3.63) is 54.0 Å². The number of hydrogen-bond acceptors (Lipinski definition) is 3. The number of nitrogens with zero attached hydrogens (tertiary/aromatic N) is 1. The fourth-order valence-electron chi connectivity index (χ4n) is 1.48. The largest absolute Gasteiger partial charge is 0.323 e. The molecule has 0 aliphatic heterocycles. The van der Waals surface area contributed by atoms with E-state index in [-0.39, 0.29) is 17.3 Å². The van der Waals surface area contributed by atoms with E-state index in [1.807, 2.05) is 18.2 Å². The first-order valence-electron chi connectivity index (χ1n) is 5.75. The Morgan fingerprint density at radius 3 is 2.89 bits per heavy atom. The maximum absolute atomic E-state index is 13.5. The summed E-state index contributed by atoms with van der Waals surface area (Å²) in [5, 5.41) is 3.31. The van der Waals surface area contributed by atoms with E-state index in [1.165, 1.54) is 17.8 Å². The first kappa shape index (κ1) is 13.5. The van der Waals surface area contributed by atoms with Crippen LogP contribution < -0.4 is 5.32 Å². The van der Waals surface area contributed by atoms with Gasteiger partial charge in [-0.05, 0) is 36.8 Å². The van der Waals surface area contributed by atoms with Crippen LogP contribution >= 0.6 is 11.8 Å². The second-order valence-electron chi connectivity index (χ2n) is 3.99. The molecular weight excluding hydrogens is 263 g/mol. The summed E-state index contributed by atoms with van der Waals surface area (Å²) in [6.45, 7) is 1.80. The number of carbonyl (C=O) groups is 1.